The summed E-state index contributed by atoms with van der Waals surface area (Å²) in [5.74, 6) is 0.536. The predicted octanol–water partition coefficient (Wildman–Crippen LogP) is 2.91. The number of hydrogen-bond acceptors (Lipinski definition) is 6. The van der Waals surface area contributed by atoms with E-state index in [1.54, 1.807) is 36.4 Å². The highest BCUT2D eigenvalue weighted by molar-refractivity contribution is 7.89. The summed E-state index contributed by atoms with van der Waals surface area (Å²) < 4.78 is 37.4. The maximum atomic E-state index is 12.4. The Labute approximate surface area is 167 Å². The highest BCUT2D eigenvalue weighted by Gasteiger charge is 2.15. The molecule has 0 fully saturated rings. The Morgan fingerprint density at radius 1 is 1.10 bits per heavy atom. The normalized spacial score (nSPS) is 10.9. The summed E-state index contributed by atoms with van der Waals surface area (Å²) in [6, 6.07) is 17.4. The lowest BCUT2D eigenvalue weighted by molar-refractivity contribution is 0.102. The molecule has 2 aromatic carbocycles. The molecular weight excluding hydrogens is 394 g/mol. The van der Waals surface area contributed by atoms with Crippen molar-refractivity contribution in [2.24, 2.45) is 0 Å². The number of nitrogens with one attached hydrogen (secondary N) is 2. The van der Waals surface area contributed by atoms with Crippen LogP contribution in [0.1, 0.15) is 16.1 Å². The van der Waals surface area contributed by atoms with Gasteiger partial charge >= 0.3 is 0 Å². The van der Waals surface area contributed by atoms with E-state index in [1.165, 1.54) is 30.5 Å². The third-order valence-corrected chi connectivity index (χ3v) is 5.26. The van der Waals surface area contributed by atoms with E-state index < -0.39 is 15.9 Å². The quantitative estimate of drug-likeness (QED) is 0.588. The van der Waals surface area contributed by atoms with Gasteiger partial charge in [0, 0.05) is 17.3 Å². The summed E-state index contributed by atoms with van der Waals surface area (Å²) in [5, 5.41) is 11.3. The average molecular weight is 411 g/mol. The van der Waals surface area contributed by atoms with E-state index in [2.05, 4.69) is 10.0 Å². The summed E-state index contributed by atoms with van der Waals surface area (Å²) in [7, 11) is -3.74. The number of carbonyl (C=O) groups is 1. The van der Waals surface area contributed by atoms with E-state index in [0.29, 0.717) is 22.8 Å². The molecule has 0 bridgehead atoms. The number of anilines is 1. The zero-order valence-corrected chi connectivity index (χ0v) is 16.0. The van der Waals surface area contributed by atoms with Crippen molar-refractivity contribution in [2.45, 2.75) is 11.4 Å². The van der Waals surface area contributed by atoms with Crippen molar-refractivity contribution < 1.29 is 22.4 Å². The van der Waals surface area contributed by atoms with Crippen LogP contribution in [-0.4, -0.2) is 20.9 Å². The topological polar surface area (TPSA) is 121 Å². The van der Waals surface area contributed by atoms with Gasteiger partial charge in [0.15, 0.2) is 6.61 Å². The van der Waals surface area contributed by atoms with Crippen LogP contribution in [0.2, 0.25) is 0 Å². The maximum absolute atomic E-state index is 12.4. The first kappa shape index (κ1) is 20.1. The number of furan rings is 1. The molecule has 29 heavy (non-hydrogen) atoms. The van der Waals surface area contributed by atoms with Crippen molar-refractivity contribution in [1.29, 1.82) is 5.26 Å². The minimum absolute atomic E-state index is 0.0295. The van der Waals surface area contributed by atoms with Gasteiger partial charge in [-0.3, -0.25) is 4.79 Å². The molecule has 0 spiro atoms. The number of benzene rings is 2. The summed E-state index contributed by atoms with van der Waals surface area (Å²) in [4.78, 5) is 12.4. The summed E-state index contributed by atoms with van der Waals surface area (Å²) in [5.41, 5.74) is 0.778. The number of carbonyl (C=O) groups excluding carboxylic acids is 1. The van der Waals surface area contributed by atoms with E-state index >= 15 is 0 Å². The minimum Gasteiger partial charge on any atom is -0.479 e. The minimum atomic E-state index is -3.74. The van der Waals surface area contributed by atoms with Crippen LogP contribution in [0, 0.1) is 11.3 Å². The Kier molecular flexibility index (Phi) is 6.29. The van der Waals surface area contributed by atoms with Crippen LogP contribution in [0.25, 0.3) is 0 Å². The first-order valence-electron chi connectivity index (χ1n) is 8.51. The molecule has 3 aromatic rings. The van der Waals surface area contributed by atoms with Crippen LogP contribution < -0.4 is 14.8 Å². The first-order chi connectivity index (χ1) is 14.0. The van der Waals surface area contributed by atoms with Gasteiger partial charge in [-0.25, -0.2) is 13.1 Å². The van der Waals surface area contributed by atoms with Crippen LogP contribution in [0.4, 0.5) is 5.69 Å². The second-order valence-electron chi connectivity index (χ2n) is 5.86. The Morgan fingerprint density at radius 2 is 1.90 bits per heavy atom. The smallest absolute Gasteiger partial charge is 0.255 e. The number of amides is 1. The van der Waals surface area contributed by atoms with Crippen molar-refractivity contribution in [3.05, 3.63) is 78.3 Å². The first-order valence-corrected chi connectivity index (χ1v) is 9.99. The fourth-order valence-electron chi connectivity index (χ4n) is 2.43. The van der Waals surface area contributed by atoms with Crippen LogP contribution in [0.15, 0.2) is 76.2 Å². The lowest BCUT2D eigenvalue weighted by Gasteiger charge is -2.09. The third kappa shape index (κ3) is 5.44. The van der Waals surface area contributed by atoms with E-state index in [1.807, 2.05) is 6.07 Å². The Bertz CT molecular complexity index is 1120. The van der Waals surface area contributed by atoms with Crippen molar-refractivity contribution in [2.75, 3.05) is 11.9 Å². The van der Waals surface area contributed by atoms with Gasteiger partial charge in [-0.2, -0.15) is 5.26 Å². The second-order valence-corrected chi connectivity index (χ2v) is 7.62. The molecule has 9 heteroatoms. The zero-order chi connectivity index (χ0) is 20.7. The van der Waals surface area contributed by atoms with Gasteiger partial charge in [-0.15, -0.1) is 0 Å². The van der Waals surface area contributed by atoms with Gasteiger partial charge < -0.3 is 14.5 Å². The maximum Gasteiger partial charge on any atom is 0.255 e. The van der Waals surface area contributed by atoms with Gasteiger partial charge in [0.25, 0.3) is 5.91 Å². The molecule has 148 valence electrons. The zero-order valence-electron chi connectivity index (χ0n) is 15.2. The van der Waals surface area contributed by atoms with Gasteiger partial charge in [-0.05, 0) is 48.5 Å². The molecule has 0 aliphatic rings. The van der Waals surface area contributed by atoms with E-state index in [4.69, 9.17) is 14.4 Å². The Balaban J connectivity index is 1.65. The number of rotatable bonds is 8. The fourth-order valence-corrected chi connectivity index (χ4v) is 3.42. The number of sulfonamides is 1. The molecule has 1 heterocycles. The molecule has 0 aliphatic carbocycles. The molecule has 0 saturated heterocycles. The largest absolute Gasteiger partial charge is 0.479 e. The van der Waals surface area contributed by atoms with Crippen LogP contribution in [0.5, 0.6) is 5.75 Å². The Hall–Kier alpha value is -3.61. The van der Waals surface area contributed by atoms with Gasteiger partial charge in [-0.1, -0.05) is 6.07 Å². The van der Waals surface area contributed by atoms with Crippen molar-refractivity contribution in [3.8, 4) is 11.8 Å². The highest BCUT2D eigenvalue weighted by atomic mass is 32.2. The molecule has 0 radical (unpaired) electrons. The number of nitrogens with zero attached hydrogens (tertiary/aromatic N) is 1. The lowest BCUT2D eigenvalue weighted by atomic mass is 10.2. The molecule has 3 rings (SSSR count). The van der Waals surface area contributed by atoms with Crippen molar-refractivity contribution in [3.63, 3.8) is 0 Å². The Morgan fingerprint density at radius 3 is 2.59 bits per heavy atom. The molecule has 0 atom stereocenters. The monoisotopic (exact) mass is 411 g/mol. The predicted molar refractivity (Wildman–Crippen MR) is 105 cm³/mol. The molecular formula is C20H17N3O5S. The summed E-state index contributed by atoms with van der Waals surface area (Å²) >= 11 is 0. The molecule has 8 nitrogen and oxygen atoms in total. The average Bonchev–Trinajstić information content (AvgIpc) is 3.25. The standard InChI is InChI=1S/C20H17N3O5S/c21-10-12-28-17-4-1-3-16(13-17)23-20(24)15-6-8-19(9-7-15)29(25,26)22-14-18-5-2-11-27-18/h1-9,11,13,22H,12,14H2,(H,23,24). The molecule has 1 amide bonds. The van der Waals surface area contributed by atoms with Gasteiger partial charge in [0.05, 0.1) is 17.7 Å². The molecule has 2 N–H and O–H groups in total. The lowest BCUT2D eigenvalue weighted by Crippen LogP contribution is -2.23. The number of hydrogen-bond donors (Lipinski definition) is 2. The number of nitriles is 1. The highest BCUT2D eigenvalue weighted by Crippen LogP contribution is 2.19. The molecule has 0 aliphatic heterocycles. The fraction of sp³-hybridized carbons (Fsp3) is 0.100. The van der Waals surface area contributed by atoms with Gasteiger partial charge in [0.1, 0.15) is 17.6 Å². The van der Waals surface area contributed by atoms with Crippen molar-refractivity contribution in [1.82, 2.24) is 4.72 Å². The van der Waals surface area contributed by atoms with E-state index in [0.717, 1.165) is 0 Å². The SMILES string of the molecule is N#CCOc1cccc(NC(=O)c2ccc(S(=O)(=O)NCc3ccco3)cc2)c1. The van der Waals surface area contributed by atoms with Crippen molar-refractivity contribution >= 4 is 21.6 Å². The third-order valence-electron chi connectivity index (χ3n) is 3.84. The van der Waals surface area contributed by atoms with Crippen LogP contribution >= 0.6 is 0 Å². The molecule has 0 unspecified atom stereocenters. The van der Waals surface area contributed by atoms with Crippen LogP contribution in [-0.2, 0) is 16.6 Å². The van der Waals surface area contributed by atoms with E-state index in [9.17, 15) is 13.2 Å². The molecule has 0 saturated carbocycles. The molecule has 1 aromatic heterocycles. The number of ether oxygens (including phenoxy) is 1. The van der Waals surface area contributed by atoms with E-state index in [-0.39, 0.29) is 18.0 Å². The summed E-state index contributed by atoms with van der Waals surface area (Å²) in [6.45, 7) is -0.0664. The van der Waals surface area contributed by atoms with Gasteiger partial charge in [0.2, 0.25) is 10.0 Å². The second kappa shape index (κ2) is 9.05. The summed E-state index contributed by atoms with van der Waals surface area (Å²) in [6.07, 6.45) is 1.46. The van der Waals surface area contributed by atoms with Crippen LogP contribution in [0.3, 0.4) is 0 Å².